The Bertz CT molecular complexity index is 727. The second-order valence-corrected chi connectivity index (χ2v) is 5.49. The lowest BCUT2D eigenvalue weighted by molar-refractivity contribution is 0.0856. The third-order valence-electron chi connectivity index (χ3n) is 3.60. The van der Waals surface area contributed by atoms with Gasteiger partial charge in [0.05, 0.1) is 19.4 Å². The van der Waals surface area contributed by atoms with Crippen LogP contribution in [-0.2, 0) is 19.6 Å². The van der Waals surface area contributed by atoms with Crippen molar-refractivity contribution in [2.75, 3.05) is 6.54 Å². The second-order valence-electron chi connectivity index (χ2n) is 5.49. The molecule has 0 aliphatic carbocycles. The molecule has 1 unspecified atom stereocenters. The van der Waals surface area contributed by atoms with E-state index in [0.717, 1.165) is 5.56 Å². The van der Waals surface area contributed by atoms with Gasteiger partial charge in [0.15, 0.2) is 5.82 Å². The van der Waals surface area contributed by atoms with Crippen LogP contribution < -0.4 is 5.73 Å². The van der Waals surface area contributed by atoms with Gasteiger partial charge in [-0.3, -0.25) is 4.90 Å². The lowest BCUT2D eigenvalue weighted by Gasteiger charge is -2.23. The van der Waals surface area contributed by atoms with Crippen LogP contribution in [-0.4, -0.2) is 26.7 Å². The van der Waals surface area contributed by atoms with Gasteiger partial charge in [0.2, 0.25) is 5.89 Å². The van der Waals surface area contributed by atoms with Crippen LogP contribution in [0.4, 0.5) is 0 Å². The smallest absolute Gasteiger partial charge is 0.240 e. The van der Waals surface area contributed by atoms with Crippen molar-refractivity contribution < 1.29 is 14.0 Å². The van der Waals surface area contributed by atoms with Crippen molar-refractivity contribution in [1.29, 1.82) is 0 Å². The summed E-state index contributed by atoms with van der Waals surface area (Å²) in [5, 5.41) is 14.3. The first kappa shape index (κ1) is 16.4. The van der Waals surface area contributed by atoms with Gasteiger partial charge in [-0.15, -0.1) is 0 Å². The maximum Gasteiger partial charge on any atom is 0.240 e. The van der Waals surface area contributed by atoms with Crippen LogP contribution in [0.5, 0.6) is 0 Å². The molecule has 7 heteroatoms. The zero-order valence-electron chi connectivity index (χ0n) is 13.2. The largest absolute Gasteiger partial charge is 0.467 e. The molecule has 1 atom stereocenters. The van der Waals surface area contributed by atoms with Crippen LogP contribution in [0, 0.1) is 0 Å². The number of benzene rings is 1. The molecule has 3 N–H and O–H groups in total. The number of furan rings is 1. The molecule has 1 aromatic carbocycles. The van der Waals surface area contributed by atoms with Gasteiger partial charge in [-0.2, -0.15) is 4.98 Å². The first-order valence-electron chi connectivity index (χ1n) is 7.74. The quantitative estimate of drug-likeness (QED) is 0.650. The van der Waals surface area contributed by atoms with E-state index in [1.807, 2.05) is 35.2 Å². The molecule has 3 aromatic rings. The number of nitrogens with two attached hydrogens (primary N) is 1. The summed E-state index contributed by atoms with van der Waals surface area (Å²) in [7, 11) is 0. The van der Waals surface area contributed by atoms with E-state index in [9.17, 15) is 5.11 Å². The number of aliphatic hydroxyl groups excluding tert-OH is 1. The van der Waals surface area contributed by atoms with Gasteiger partial charge < -0.3 is 19.8 Å². The number of rotatable bonds is 8. The van der Waals surface area contributed by atoms with Gasteiger partial charge >= 0.3 is 0 Å². The molecule has 0 bridgehead atoms. The van der Waals surface area contributed by atoms with Gasteiger partial charge in [0, 0.05) is 13.1 Å². The normalized spacial score (nSPS) is 12.6. The molecule has 7 nitrogen and oxygen atoms in total. The van der Waals surface area contributed by atoms with E-state index >= 15 is 0 Å². The van der Waals surface area contributed by atoms with Crippen molar-refractivity contribution in [3.63, 3.8) is 0 Å². The highest BCUT2D eigenvalue weighted by Crippen LogP contribution is 2.17. The predicted octanol–water partition coefficient (Wildman–Crippen LogP) is 1.86. The van der Waals surface area contributed by atoms with Crippen molar-refractivity contribution in [2.24, 2.45) is 5.73 Å². The van der Waals surface area contributed by atoms with Crippen molar-refractivity contribution in [2.45, 2.75) is 25.7 Å². The van der Waals surface area contributed by atoms with Crippen molar-refractivity contribution in [3.8, 4) is 0 Å². The van der Waals surface area contributed by atoms with Crippen LogP contribution in [0.25, 0.3) is 0 Å². The van der Waals surface area contributed by atoms with Crippen LogP contribution in [0.15, 0.2) is 57.7 Å². The Labute approximate surface area is 139 Å². The number of hydrogen-bond acceptors (Lipinski definition) is 7. The molecule has 126 valence electrons. The fraction of sp³-hybridized carbons (Fsp3) is 0.294. The first-order valence-corrected chi connectivity index (χ1v) is 7.74. The summed E-state index contributed by atoms with van der Waals surface area (Å²) >= 11 is 0. The molecule has 0 spiro atoms. The van der Waals surface area contributed by atoms with E-state index < -0.39 is 6.10 Å². The Morgan fingerprint density at radius 3 is 2.62 bits per heavy atom. The highest BCUT2D eigenvalue weighted by Gasteiger charge is 2.18. The number of nitrogens with zero attached hydrogens (tertiary/aromatic N) is 3. The minimum atomic E-state index is -0.732. The summed E-state index contributed by atoms with van der Waals surface area (Å²) in [6.45, 7) is 1.68. The molecule has 0 aliphatic heterocycles. The van der Waals surface area contributed by atoms with Gasteiger partial charge in [-0.1, -0.05) is 35.5 Å². The van der Waals surface area contributed by atoms with E-state index in [4.69, 9.17) is 14.7 Å². The zero-order valence-corrected chi connectivity index (χ0v) is 13.2. The standard InChI is InChI=1S/C17H20N4O3/c18-9-17-19-16(20-24-17)12-21(10-13-5-2-1-3-6-13)11-14(22)15-7-4-8-23-15/h1-8,14,22H,9-12,18H2. The van der Waals surface area contributed by atoms with Gasteiger partial charge in [-0.05, 0) is 17.7 Å². The third-order valence-corrected chi connectivity index (χ3v) is 3.60. The third kappa shape index (κ3) is 4.29. The predicted molar refractivity (Wildman–Crippen MR) is 86.4 cm³/mol. The van der Waals surface area contributed by atoms with E-state index in [1.54, 1.807) is 18.4 Å². The van der Waals surface area contributed by atoms with E-state index in [1.165, 1.54) is 0 Å². The highest BCUT2D eigenvalue weighted by molar-refractivity contribution is 5.14. The maximum atomic E-state index is 10.4. The molecular formula is C17H20N4O3. The topological polar surface area (TPSA) is 102 Å². The summed E-state index contributed by atoms with van der Waals surface area (Å²) in [4.78, 5) is 6.27. The monoisotopic (exact) mass is 328 g/mol. The molecule has 24 heavy (non-hydrogen) atoms. The average molecular weight is 328 g/mol. The van der Waals surface area contributed by atoms with Gasteiger partial charge in [0.25, 0.3) is 0 Å². The van der Waals surface area contributed by atoms with Crippen molar-refractivity contribution in [3.05, 3.63) is 71.8 Å². The molecule has 2 heterocycles. The highest BCUT2D eigenvalue weighted by atomic mass is 16.5. The van der Waals surface area contributed by atoms with E-state index in [2.05, 4.69) is 10.1 Å². The summed E-state index contributed by atoms with van der Waals surface area (Å²) < 4.78 is 10.3. The van der Waals surface area contributed by atoms with Gasteiger partial charge in [0.1, 0.15) is 11.9 Å². The van der Waals surface area contributed by atoms with E-state index in [0.29, 0.717) is 37.1 Å². The molecule has 0 saturated heterocycles. The molecule has 0 aliphatic rings. The Balaban J connectivity index is 1.72. The lowest BCUT2D eigenvalue weighted by atomic mass is 10.2. The lowest BCUT2D eigenvalue weighted by Crippen LogP contribution is -2.28. The SMILES string of the molecule is NCc1nc(CN(Cc2ccccc2)CC(O)c2ccco2)no1. The van der Waals surface area contributed by atoms with Crippen molar-refractivity contribution in [1.82, 2.24) is 15.0 Å². The Kier molecular flexibility index (Phi) is 5.37. The Morgan fingerprint density at radius 2 is 1.96 bits per heavy atom. The molecule has 0 radical (unpaired) electrons. The van der Waals surface area contributed by atoms with E-state index in [-0.39, 0.29) is 6.54 Å². The first-order chi connectivity index (χ1) is 11.7. The fourth-order valence-electron chi connectivity index (χ4n) is 2.48. The zero-order chi connectivity index (χ0) is 16.8. The number of aromatic nitrogens is 2. The molecule has 0 fully saturated rings. The molecule has 0 amide bonds. The summed E-state index contributed by atoms with van der Waals surface area (Å²) in [5.74, 6) is 1.47. The Hall–Kier alpha value is -2.48. The number of hydrogen-bond donors (Lipinski definition) is 2. The molecular weight excluding hydrogens is 308 g/mol. The minimum absolute atomic E-state index is 0.209. The summed E-state index contributed by atoms with van der Waals surface area (Å²) in [5.41, 5.74) is 6.63. The van der Waals surface area contributed by atoms with Crippen LogP contribution in [0.3, 0.4) is 0 Å². The second kappa shape index (κ2) is 7.87. The fourth-order valence-corrected chi connectivity index (χ4v) is 2.48. The minimum Gasteiger partial charge on any atom is -0.467 e. The van der Waals surface area contributed by atoms with Gasteiger partial charge in [-0.25, -0.2) is 0 Å². The molecule has 0 saturated carbocycles. The van der Waals surface area contributed by atoms with Crippen LogP contribution >= 0.6 is 0 Å². The van der Waals surface area contributed by atoms with Crippen molar-refractivity contribution >= 4 is 0 Å². The summed E-state index contributed by atoms with van der Waals surface area (Å²) in [6, 6.07) is 13.5. The number of aliphatic hydroxyl groups is 1. The van der Waals surface area contributed by atoms with Crippen LogP contribution in [0.2, 0.25) is 0 Å². The molecule has 2 aromatic heterocycles. The maximum absolute atomic E-state index is 10.4. The average Bonchev–Trinajstić information content (AvgIpc) is 3.27. The molecule has 3 rings (SSSR count). The summed E-state index contributed by atoms with van der Waals surface area (Å²) in [6.07, 6.45) is 0.817. The Morgan fingerprint density at radius 1 is 1.12 bits per heavy atom. The van der Waals surface area contributed by atoms with Crippen LogP contribution in [0.1, 0.15) is 29.1 Å².